The summed E-state index contributed by atoms with van der Waals surface area (Å²) in [5, 5.41) is 2.92. The van der Waals surface area contributed by atoms with Crippen molar-refractivity contribution >= 4 is 45.2 Å². The molecule has 7 heteroatoms. The maximum absolute atomic E-state index is 12.4. The molecule has 0 saturated carbocycles. The Morgan fingerprint density at radius 2 is 1.79 bits per heavy atom. The van der Waals surface area contributed by atoms with E-state index in [0.717, 1.165) is 51.6 Å². The molecule has 0 radical (unpaired) electrons. The number of nitrogens with one attached hydrogen (secondary N) is 1. The summed E-state index contributed by atoms with van der Waals surface area (Å²) in [6.07, 6.45) is 1.45. The zero-order valence-electron chi connectivity index (χ0n) is 16.4. The van der Waals surface area contributed by atoms with Crippen LogP contribution in [0.4, 0.5) is 5.69 Å². The van der Waals surface area contributed by atoms with Crippen molar-refractivity contribution < 1.29 is 14.3 Å². The van der Waals surface area contributed by atoms with Crippen LogP contribution in [0.3, 0.4) is 0 Å². The molecule has 0 spiro atoms. The number of benzene rings is 2. The summed E-state index contributed by atoms with van der Waals surface area (Å²) < 4.78 is 6.10. The monoisotopic (exact) mass is 476 g/mol. The van der Waals surface area contributed by atoms with E-state index >= 15 is 0 Å². The lowest BCUT2D eigenvalue weighted by atomic mass is 10.1. The molecule has 1 saturated heterocycles. The highest BCUT2D eigenvalue weighted by atomic mass is 79.9. The van der Waals surface area contributed by atoms with Gasteiger partial charge in [-0.2, -0.15) is 11.8 Å². The van der Waals surface area contributed by atoms with Crippen molar-refractivity contribution in [3.8, 4) is 5.75 Å². The smallest absolute Gasteiger partial charge is 0.227 e. The quantitative estimate of drug-likeness (QED) is 0.651. The summed E-state index contributed by atoms with van der Waals surface area (Å²) in [7, 11) is 1.63. The minimum Gasteiger partial charge on any atom is -0.496 e. The third kappa shape index (κ3) is 6.51. The number of hydrogen-bond donors (Lipinski definition) is 1. The minimum atomic E-state index is -0.0356. The molecule has 0 unspecified atom stereocenters. The van der Waals surface area contributed by atoms with Gasteiger partial charge in [0.15, 0.2) is 0 Å². The molecule has 5 nitrogen and oxygen atoms in total. The molecule has 154 valence electrons. The minimum absolute atomic E-state index is 0.0356. The van der Waals surface area contributed by atoms with Crippen molar-refractivity contribution in [1.82, 2.24) is 4.90 Å². The predicted molar refractivity (Wildman–Crippen MR) is 122 cm³/mol. The molecule has 2 amide bonds. The molecule has 0 bridgehead atoms. The van der Waals surface area contributed by atoms with Crippen LogP contribution < -0.4 is 10.1 Å². The number of halogens is 1. The van der Waals surface area contributed by atoms with Crippen molar-refractivity contribution in [3.63, 3.8) is 0 Å². The van der Waals surface area contributed by atoms with Crippen molar-refractivity contribution in [3.05, 3.63) is 58.1 Å². The second-order valence-electron chi connectivity index (χ2n) is 6.88. The topological polar surface area (TPSA) is 58.6 Å². The van der Waals surface area contributed by atoms with Gasteiger partial charge >= 0.3 is 0 Å². The van der Waals surface area contributed by atoms with Gasteiger partial charge in [0.05, 0.1) is 18.0 Å². The Bertz CT molecular complexity index is 852. The molecule has 0 aliphatic carbocycles. The number of carbonyl (C=O) groups excluding carboxylic acids is 2. The van der Waals surface area contributed by atoms with Crippen LogP contribution in [0.5, 0.6) is 5.75 Å². The molecule has 1 fully saturated rings. The van der Waals surface area contributed by atoms with Gasteiger partial charge in [0.1, 0.15) is 5.75 Å². The molecular formula is C22H25BrN2O3S. The number of rotatable bonds is 7. The largest absolute Gasteiger partial charge is 0.496 e. The van der Waals surface area contributed by atoms with Crippen LogP contribution >= 0.6 is 27.7 Å². The average Bonchev–Trinajstić information content (AvgIpc) is 2.74. The Balaban J connectivity index is 1.46. The van der Waals surface area contributed by atoms with E-state index in [1.54, 1.807) is 7.11 Å². The number of amides is 2. The number of nitrogens with zero attached hydrogens (tertiary/aromatic N) is 1. The van der Waals surface area contributed by atoms with Crippen molar-refractivity contribution in [2.24, 2.45) is 0 Å². The Labute approximate surface area is 184 Å². The normalized spacial score (nSPS) is 13.8. The standard InChI is InChI=1S/C22H25BrN2O3S/c1-28-20-8-4-16(14-19(20)23)5-9-21(26)24-18-6-2-17(3-7-18)15-22(27)25-10-12-29-13-11-25/h2-4,6-8,14H,5,9-13,15H2,1H3,(H,24,26). The summed E-state index contributed by atoms with van der Waals surface area (Å²) in [5.74, 6) is 2.95. The Hall–Kier alpha value is -1.99. The molecule has 2 aromatic rings. The van der Waals surface area contributed by atoms with Gasteiger partial charge in [0.25, 0.3) is 0 Å². The summed E-state index contributed by atoms with van der Waals surface area (Å²) in [5.41, 5.74) is 2.78. The number of anilines is 1. The molecule has 2 aromatic carbocycles. The van der Waals surface area contributed by atoms with Crippen molar-refractivity contribution in [2.45, 2.75) is 19.3 Å². The first kappa shape index (κ1) is 21.7. The van der Waals surface area contributed by atoms with Crippen LogP contribution in [0, 0.1) is 0 Å². The van der Waals surface area contributed by atoms with Gasteiger partial charge in [-0.3, -0.25) is 9.59 Å². The van der Waals surface area contributed by atoms with E-state index in [9.17, 15) is 9.59 Å². The fourth-order valence-corrected chi connectivity index (χ4v) is 4.64. The number of aryl methyl sites for hydroxylation is 1. The molecular weight excluding hydrogens is 452 g/mol. The van der Waals surface area contributed by atoms with Gasteiger partial charge in [0.2, 0.25) is 11.8 Å². The van der Waals surface area contributed by atoms with Crippen LogP contribution in [0.1, 0.15) is 17.5 Å². The highest BCUT2D eigenvalue weighted by molar-refractivity contribution is 9.10. The number of hydrogen-bond acceptors (Lipinski definition) is 4. The molecule has 1 heterocycles. The highest BCUT2D eigenvalue weighted by Gasteiger charge is 2.16. The van der Waals surface area contributed by atoms with E-state index in [4.69, 9.17) is 4.74 Å². The van der Waals surface area contributed by atoms with Crippen LogP contribution in [0.25, 0.3) is 0 Å². The Morgan fingerprint density at radius 1 is 1.10 bits per heavy atom. The van der Waals surface area contributed by atoms with Gasteiger partial charge in [-0.05, 0) is 57.7 Å². The highest BCUT2D eigenvalue weighted by Crippen LogP contribution is 2.26. The maximum atomic E-state index is 12.4. The van der Waals surface area contributed by atoms with Gasteiger partial charge in [0, 0.05) is 36.7 Å². The first-order valence-corrected chi connectivity index (χ1v) is 11.6. The average molecular weight is 477 g/mol. The lowest BCUT2D eigenvalue weighted by Gasteiger charge is -2.26. The first-order valence-electron chi connectivity index (χ1n) is 9.62. The Kier molecular flexibility index (Phi) is 8.00. The number of methoxy groups -OCH3 is 1. The fraction of sp³-hybridized carbons (Fsp3) is 0.364. The zero-order valence-corrected chi connectivity index (χ0v) is 18.9. The van der Waals surface area contributed by atoms with E-state index in [-0.39, 0.29) is 11.8 Å². The Morgan fingerprint density at radius 3 is 2.45 bits per heavy atom. The summed E-state index contributed by atoms with van der Waals surface area (Å²) in [4.78, 5) is 26.5. The third-order valence-corrected chi connectivity index (χ3v) is 6.38. The van der Waals surface area contributed by atoms with E-state index in [0.29, 0.717) is 19.3 Å². The molecule has 29 heavy (non-hydrogen) atoms. The molecule has 1 N–H and O–H groups in total. The molecule has 1 aliphatic heterocycles. The van der Waals surface area contributed by atoms with Crippen molar-refractivity contribution in [1.29, 1.82) is 0 Å². The van der Waals surface area contributed by atoms with Gasteiger partial charge < -0.3 is 15.0 Å². The maximum Gasteiger partial charge on any atom is 0.227 e. The van der Waals surface area contributed by atoms with Gasteiger partial charge in [-0.1, -0.05) is 18.2 Å². The van der Waals surface area contributed by atoms with Crippen LogP contribution in [0.15, 0.2) is 46.9 Å². The van der Waals surface area contributed by atoms with E-state index in [2.05, 4.69) is 21.2 Å². The number of carbonyl (C=O) groups is 2. The van der Waals surface area contributed by atoms with Crippen LogP contribution in [-0.4, -0.2) is 48.4 Å². The molecule has 3 rings (SSSR count). The van der Waals surface area contributed by atoms with E-state index < -0.39 is 0 Å². The first-order chi connectivity index (χ1) is 14.0. The molecule has 1 aliphatic rings. The summed E-state index contributed by atoms with van der Waals surface area (Å²) in [6, 6.07) is 13.4. The van der Waals surface area contributed by atoms with Gasteiger partial charge in [-0.25, -0.2) is 0 Å². The zero-order chi connectivity index (χ0) is 20.6. The van der Waals surface area contributed by atoms with Crippen LogP contribution in [-0.2, 0) is 22.4 Å². The van der Waals surface area contributed by atoms with Gasteiger partial charge in [-0.15, -0.1) is 0 Å². The van der Waals surface area contributed by atoms with Crippen molar-refractivity contribution in [2.75, 3.05) is 37.0 Å². The number of thioether (sulfide) groups is 1. The number of ether oxygens (including phenoxy) is 1. The SMILES string of the molecule is COc1ccc(CCC(=O)Nc2ccc(CC(=O)N3CCSCC3)cc2)cc1Br. The molecule has 0 atom stereocenters. The second-order valence-corrected chi connectivity index (χ2v) is 8.96. The van der Waals surface area contributed by atoms with Crippen LogP contribution in [0.2, 0.25) is 0 Å². The summed E-state index contributed by atoms with van der Waals surface area (Å²) >= 11 is 5.36. The summed E-state index contributed by atoms with van der Waals surface area (Å²) in [6.45, 7) is 1.67. The predicted octanol–water partition coefficient (Wildman–Crippen LogP) is 4.15. The van der Waals surface area contributed by atoms with E-state index in [1.807, 2.05) is 59.1 Å². The second kappa shape index (κ2) is 10.7. The lowest BCUT2D eigenvalue weighted by Crippen LogP contribution is -2.38. The fourth-order valence-electron chi connectivity index (χ4n) is 3.15. The van der Waals surface area contributed by atoms with E-state index in [1.165, 1.54) is 0 Å². The third-order valence-electron chi connectivity index (χ3n) is 4.81. The molecule has 0 aromatic heterocycles. The lowest BCUT2D eigenvalue weighted by molar-refractivity contribution is -0.130.